The van der Waals surface area contributed by atoms with Crippen molar-refractivity contribution < 1.29 is 14.6 Å². The first-order valence-electron chi connectivity index (χ1n) is 5.62. The molecule has 5 heteroatoms. The molecule has 0 aliphatic rings. The molecule has 0 aliphatic carbocycles. The van der Waals surface area contributed by atoms with Crippen molar-refractivity contribution in [2.45, 2.75) is 26.8 Å². The van der Waals surface area contributed by atoms with E-state index in [2.05, 4.69) is 10.3 Å². The van der Waals surface area contributed by atoms with Crippen LogP contribution >= 0.6 is 0 Å². The molecule has 0 aliphatic heterocycles. The first kappa shape index (κ1) is 13.3. The van der Waals surface area contributed by atoms with Crippen LogP contribution in [0, 0.1) is 5.92 Å². The van der Waals surface area contributed by atoms with Gasteiger partial charge in [-0.25, -0.2) is 9.78 Å². The third-order valence-corrected chi connectivity index (χ3v) is 2.28. The molecule has 0 radical (unpaired) electrons. The lowest BCUT2D eigenvalue weighted by Crippen LogP contribution is -2.34. The topological polar surface area (TPSA) is 71.5 Å². The van der Waals surface area contributed by atoms with Crippen molar-refractivity contribution >= 4 is 11.7 Å². The lowest BCUT2D eigenvalue weighted by molar-refractivity contribution is -0.138. The number of hydrogen-bond acceptors (Lipinski definition) is 4. The molecule has 1 atom stereocenters. The summed E-state index contributed by atoms with van der Waals surface area (Å²) in [7, 11) is 0. The molecular weight excluding hydrogens is 220 g/mol. The molecule has 94 valence electrons. The van der Waals surface area contributed by atoms with Crippen LogP contribution in [0.3, 0.4) is 0 Å². The van der Waals surface area contributed by atoms with Crippen LogP contribution < -0.4 is 10.1 Å². The standard InChI is InChI=1S/C12H18N2O3/c1-4-17-10-6-5-9(7-13-10)14-11(8(2)3)12(15)16/h5-8,11,14H,4H2,1-3H3,(H,15,16). The number of aromatic nitrogens is 1. The predicted octanol–water partition coefficient (Wildman–Crippen LogP) is 2.00. The van der Waals surface area contributed by atoms with Crippen LogP contribution in [0.4, 0.5) is 5.69 Å². The van der Waals surface area contributed by atoms with Crippen LogP contribution in [0.15, 0.2) is 18.3 Å². The number of aliphatic carboxylic acids is 1. The van der Waals surface area contributed by atoms with Gasteiger partial charge < -0.3 is 15.2 Å². The van der Waals surface area contributed by atoms with E-state index in [1.54, 1.807) is 18.3 Å². The highest BCUT2D eigenvalue weighted by molar-refractivity contribution is 5.77. The fourth-order valence-electron chi connectivity index (χ4n) is 1.39. The molecular formula is C12H18N2O3. The summed E-state index contributed by atoms with van der Waals surface area (Å²) in [5.74, 6) is -0.331. The van der Waals surface area contributed by atoms with Crippen LogP contribution in [0.5, 0.6) is 5.88 Å². The smallest absolute Gasteiger partial charge is 0.326 e. The lowest BCUT2D eigenvalue weighted by Gasteiger charge is -2.18. The summed E-state index contributed by atoms with van der Waals surface area (Å²) in [5, 5.41) is 12.0. The molecule has 1 unspecified atom stereocenters. The van der Waals surface area contributed by atoms with Crippen LogP contribution in [0.2, 0.25) is 0 Å². The number of ether oxygens (including phenoxy) is 1. The first-order valence-corrected chi connectivity index (χ1v) is 5.62. The number of carboxylic acid groups (broad SMARTS) is 1. The Balaban J connectivity index is 2.70. The number of rotatable bonds is 6. The molecule has 0 bridgehead atoms. The molecule has 1 aromatic rings. The number of nitrogens with zero attached hydrogens (tertiary/aromatic N) is 1. The van der Waals surface area contributed by atoms with E-state index in [0.717, 1.165) is 0 Å². The van der Waals surface area contributed by atoms with Crippen LogP contribution in [0.25, 0.3) is 0 Å². The summed E-state index contributed by atoms with van der Waals surface area (Å²) in [6.07, 6.45) is 1.57. The van der Waals surface area contributed by atoms with E-state index in [1.165, 1.54) is 0 Å². The minimum atomic E-state index is -0.867. The average molecular weight is 238 g/mol. The molecule has 0 aromatic carbocycles. The first-order chi connectivity index (χ1) is 8.04. The van der Waals surface area contributed by atoms with Crippen molar-refractivity contribution in [3.05, 3.63) is 18.3 Å². The zero-order valence-electron chi connectivity index (χ0n) is 10.3. The quantitative estimate of drug-likeness (QED) is 0.793. The van der Waals surface area contributed by atoms with E-state index in [-0.39, 0.29) is 5.92 Å². The Morgan fingerprint density at radius 2 is 2.24 bits per heavy atom. The maximum atomic E-state index is 11.0. The van der Waals surface area contributed by atoms with Gasteiger partial charge in [-0.1, -0.05) is 13.8 Å². The molecule has 0 saturated heterocycles. The van der Waals surface area contributed by atoms with Crippen molar-refractivity contribution in [2.24, 2.45) is 5.92 Å². The van der Waals surface area contributed by atoms with Crippen LogP contribution in [-0.2, 0) is 4.79 Å². The van der Waals surface area contributed by atoms with Gasteiger partial charge in [0.15, 0.2) is 0 Å². The maximum absolute atomic E-state index is 11.0. The normalized spacial score (nSPS) is 12.2. The van der Waals surface area contributed by atoms with Crippen molar-refractivity contribution in [2.75, 3.05) is 11.9 Å². The van der Waals surface area contributed by atoms with E-state index in [0.29, 0.717) is 18.2 Å². The molecule has 0 amide bonds. The molecule has 0 saturated carbocycles. The molecule has 5 nitrogen and oxygen atoms in total. The van der Waals surface area contributed by atoms with Crippen LogP contribution in [0.1, 0.15) is 20.8 Å². The van der Waals surface area contributed by atoms with Crippen molar-refractivity contribution in [3.8, 4) is 5.88 Å². The highest BCUT2D eigenvalue weighted by Crippen LogP contribution is 2.15. The Morgan fingerprint density at radius 1 is 1.53 bits per heavy atom. The maximum Gasteiger partial charge on any atom is 0.326 e. The largest absolute Gasteiger partial charge is 0.480 e. The molecule has 0 fully saturated rings. The number of hydrogen-bond donors (Lipinski definition) is 2. The Hall–Kier alpha value is -1.78. The van der Waals surface area contributed by atoms with E-state index < -0.39 is 12.0 Å². The highest BCUT2D eigenvalue weighted by atomic mass is 16.5. The summed E-state index contributed by atoms with van der Waals surface area (Å²) in [5.41, 5.74) is 0.676. The van der Waals surface area contributed by atoms with Gasteiger partial charge in [-0.3, -0.25) is 0 Å². The Morgan fingerprint density at radius 3 is 2.65 bits per heavy atom. The summed E-state index contributed by atoms with van der Waals surface area (Å²) in [6.45, 7) is 6.15. The minimum absolute atomic E-state index is 0.000863. The van der Waals surface area contributed by atoms with Gasteiger partial charge in [0.25, 0.3) is 0 Å². The lowest BCUT2D eigenvalue weighted by atomic mass is 10.0. The van der Waals surface area contributed by atoms with E-state index in [1.807, 2.05) is 20.8 Å². The number of anilines is 1. The average Bonchev–Trinajstić information content (AvgIpc) is 2.27. The van der Waals surface area contributed by atoms with Crippen molar-refractivity contribution in [1.29, 1.82) is 0 Å². The Bertz CT molecular complexity index is 363. The Kier molecular flexibility index (Phi) is 4.75. The van der Waals surface area contributed by atoms with Crippen molar-refractivity contribution in [3.63, 3.8) is 0 Å². The zero-order chi connectivity index (χ0) is 12.8. The summed E-state index contributed by atoms with van der Waals surface area (Å²) in [4.78, 5) is 15.1. The predicted molar refractivity (Wildman–Crippen MR) is 65.3 cm³/mol. The van der Waals surface area contributed by atoms with Gasteiger partial charge in [0.05, 0.1) is 18.5 Å². The van der Waals surface area contributed by atoms with Gasteiger partial charge >= 0.3 is 5.97 Å². The van der Waals surface area contributed by atoms with Gasteiger partial charge in [0.1, 0.15) is 6.04 Å². The van der Waals surface area contributed by atoms with Gasteiger partial charge in [-0.05, 0) is 18.9 Å². The molecule has 17 heavy (non-hydrogen) atoms. The summed E-state index contributed by atoms with van der Waals surface area (Å²) >= 11 is 0. The van der Waals surface area contributed by atoms with Gasteiger partial charge in [0.2, 0.25) is 5.88 Å². The number of pyridine rings is 1. The second kappa shape index (κ2) is 6.08. The number of carboxylic acids is 1. The van der Waals surface area contributed by atoms with Crippen molar-refractivity contribution in [1.82, 2.24) is 4.98 Å². The fraction of sp³-hybridized carbons (Fsp3) is 0.500. The van der Waals surface area contributed by atoms with E-state index in [4.69, 9.17) is 9.84 Å². The highest BCUT2D eigenvalue weighted by Gasteiger charge is 2.20. The monoisotopic (exact) mass is 238 g/mol. The third-order valence-electron chi connectivity index (χ3n) is 2.28. The Labute approximate surface area is 101 Å². The molecule has 0 spiro atoms. The third kappa shape index (κ3) is 3.94. The SMILES string of the molecule is CCOc1ccc(NC(C(=O)O)C(C)C)cn1. The van der Waals surface area contributed by atoms with E-state index >= 15 is 0 Å². The summed E-state index contributed by atoms with van der Waals surface area (Å²) in [6, 6.07) is 2.86. The molecule has 1 aromatic heterocycles. The van der Waals surface area contributed by atoms with Gasteiger partial charge in [-0.2, -0.15) is 0 Å². The number of nitrogens with one attached hydrogen (secondary N) is 1. The fourth-order valence-corrected chi connectivity index (χ4v) is 1.39. The zero-order valence-corrected chi connectivity index (χ0v) is 10.3. The molecule has 2 N–H and O–H groups in total. The molecule has 1 heterocycles. The van der Waals surface area contributed by atoms with Crippen LogP contribution in [-0.4, -0.2) is 28.7 Å². The van der Waals surface area contributed by atoms with E-state index in [9.17, 15) is 4.79 Å². The van der Waals surface area contributed by atoms with Gasteiger partial charge in [-0.15, -0.1) is 0 Å². The molecule has 1 rings (SSSR count). The summed E-state index contributed by atoms with van der Waals surface area (Å²) < 4.78 is 5.21. The number of carbonyl (C=O) groups is 1. The second-order valence-corrected chi connectivity index (χ2v) is 4.02. The van der Waals surface area contributed by atoms with Gasteiger partial charge in [0, 0.05) is 6.07 Å². The minimum Gasteiger partial charge on any atom is -0.480 e. The second-order valence-electron chi connectivity index (χ2n) is 4.02.